The number of anilines is 1. The maximum absolute atomic E-state index is 12.5. The van der Waals surface area contributed by atoms with E-state index in [1.54, 1.807) is 17.1 Å². The number of pyridine rings is 1. The predicted molar refractivity (Wildman–Crippen MR) is 91.6 cm³/mol. The molecule has 0 saturated heterocycles. The second kappa shape index (κ2) is 5.83. The summed E-state index contributed by atoms with van der Waals surface area (Å²) in [5.74, 6) is -0.00112. The fourth-order valence-electron chi connectivity index (χ4n) is 2.32. The first-order valence-electron chi connectivity index (χ1n) is 7.72. The Bertz CT molecular complexity index is 837. The number of amides is 1. The third-order valence-electron chi connectivity index (χ3n) is 4.24. The topological polar surface area (TPSA) is 59.8 Å². The van der Waals surface area contributed by atoms with Crippen LogP contribution in [0.15, 0.2) is 48.9 Å². The summed E-state index contributed by atoms with van der Waals surface area (Å²) in [6, 6.07) is 9.58. The first kappa shape index (κ1) is 15.2. The lowest BCUT2D eigenvalue weighted by Gasteiger charge is -2.22. The van der Waals surface area contributed by atoms with Gasteiger partial charge in [-0.15, -0.1) is 0 Å². The molecule has 3 rings (SSSR count). The first-order chi connectivity index (χ1) is 11.0. The molecule has 0 unspecified atom stereocenters. The number of benzene rings is 1. The van der Waals surface area contributed by atoms with Gasteiger partial charge in [0.2, 0.25) is 5.91 Å². The van der Waals surface area contributed by atoms with E-state index in [-0.39, 0.29) is 5.91 Å². The van der Waals surface area contributed by atoms with Crippen molar-refractivity contribution in [2.24, 2.45) is 5.41 Å². The Hall–Kier alpha value is -2.69. The summed E-state index contributed by atoms with van der Waals surface area (Å²) in [5.41, 5.74) is 2.01. The maximum Gasteiger partial charge on any atom is 0.230 e. The molecule has 0 fully saturated rings. The minimum atomic E-state index is -0.415. The van der Waals surface area contributed by atoms with E-state index in [0.717, 1.165) is 28.7 Å². The highest BCUT2D eigenvalue weighted by atomic mass is 16.2. The first-order valence-corrected chi connectivity index (χ1v) is 7.72. The number of nitrogens with zero attached hydrogens (tertiary/aromatic N) is 3. The molecular weight excluding hydrogens is 288 g/mol. The van der Waals surface area contributed by atoms with Crippen LogP contribution in [0.5, 0.6) is 0 Å². The van der Waals surface area contributed by atoms with Crippen molar-refractivity contribution in [3.8, 4) is 5.69 Å². The van der Waals surface area contributed by atoms with E-state index in [1.807, 2.05) is 57.3 Å². The molecule has 5 heteroatoms. The van der Waals surface area contributed by atoms with Crippen molar-refractivity contribution in [1.29, 1.82) is 0 Å². The molecule has 23 heavy (non-hydrogen) atoms. The molecule has 2 aromatic heterocycles. The van der Waals surface area contributed by atoms with Crippen molar-refractivity contribution in [3.63, 3.8) is 0 Å². The van der Waals surface area contributed by atoms with Gasteiger partial charge in [0.25, 0.3) is 0 Å². The Labute approximate surface area is 135 Å². The number of aromatic nitrogens is 3. The monoisotopic (exact) mass is 308 g/mol. The molecule has 0 saturated carbocycles. The van der Waals surface area contributed by atoms with Gasteiger partial charge in [-0.3, -0.25) is 9.78 Å². The smallest absolute Gasteiger partial charge is 0.230 e. The third-order valence-corrected chi connectivity index (χ3v) is 4.24. The van der Waals surface area contributed by atoms with Gasteiger partial charge in [0.1, 0.15) is 0 Å². The fourth-order valence-corrected chi connectivity index (χ4v) is 2.32. The summed E-state index contributed by atoms with van der Waals surface area (Å²) >= 11 is 0. The van der Waals surface area contributed by atoms with Crippen LogP contribution in [0.2, 0.25) is 0 Å². The molecule has 0 aliphatic heterocycles. The zero-order valence-corrected chi connectivity index (χ0v) is 13.6. The Morgan fingerprint density at radius 3 is 2.74 bits per heavy atom. The van der Waals surface area contributed by atoms with Crippen LogP contribution >= 0.6 is 0 Å². The molecule has 0 aliphatic rings. The Balaban J connectivity index is 2.07. The van der Waals surface area contributed by atoms with Crippen molar-refractivity contribution in [1.82, 2.24) is 14.8 Å². The Kier molecular flexibility index (Phi) is 3.86. The Morgan fingerprint density at radius 2 is 2.04 bits per heavy atom. The van der Waals surface area contributed by atoms with Gasteiger partial charge in [0.05, 0.1) is 16.9 Å². The van der Waals surface area contributed by atoms with Gasteiger partial charge in [-0.2, -0.15) is 5.10 Å². The van der Waals surface area contributed by atoms with Crippen molar-refractivity contribution in [2.75, 3.05) is 5.32 Å². The third kappa shape index (κ3) is 2.82. The predicted octanol–water partition coefficient (Wildman–Crippen LogP) is 3.80. The molecule has 5 nitrogen and oxygen atoms in total. The molecule has 0 radical (unpaired) electrons. The SMILES string of the molecule is CCC(C)(C)C(=O)Nc1ccc(-n2cccn2)c2cccnc12. The highest BCUT2D eigenvalue weighted by Crippen LogP contribution is 2.29. The summed E-state index contributed by atoms with van der Waals surface area (Å²) in [6.45, 7) is 5.89. The number of carbonyl (C=O) groups excluding carboxylic acids is 1. The molecule has 118 valence electrons. The second-order valence-electron chi connectivity index (χ2n) is 6.17. The molecule has 1 N–H and O–H groups in total. The molecular formula is C18H20N4O. The van der Waals surface area contributed by atoms with Gasteiger partial charge in [-0.1, -0.05) is 20.8 Å². The van der Waals surface area contributed by atoms with E-state index < -0.39 is 5.41 Å². The summed E-state index contributed by atoms with van der Waals surface area (Å²) in [5, 5.41) is 8.25. The summed E-state index contributed by atoms with van der Waals surface area (Å²) in [4.78, 5) is 16.9. The molecule has 0 bridgehead atoms. The normalized spacial score (nSPS) is 11.6. The number of fused-ring (bicyclic) bond motifs is 1. The lowest BCUT2D eigenvalue weighted by atomic mass is 9.89. The zero-order chi connectivity index (χ0) is 16.4. The second-order valence-corrected chi connectivity index (χ2v) is 6.17. The van der Waals surface area contributed by atoms with Gasteiger partial charge in [-0.05, 0) is 36.8 Å². The van der Waals surface area contributed by atoms with Crippen LogP contribution in [0.25, 0.3) is 16.6 Å². The number of hydrogen-bond donors (Lipinski definition) is 1. The highest BCUT2D eigenvalue weighted by Gasteiger charge is 2.26. The number of carbonyl (C=O) groups is 1. The van der Waals surface area contributed by atoms with Gasteiger partial charge < -0.3 is 5.32 Å². The van der Waals surface area contributed by atoms with Gasteiger partial charge in [-0.25, -0.2) is 4.68 Å². The lowest BCUT2D eigenvalue weighted by Crippen LogP contribution is -2.30. The summed E-state index contributed by atoms with van der Waals surface area (Å²) < 4.78 is 1.80. The summed E-state index contributed by atoms with van der Waals surface area (Å²) in [6.07, 6.45) is 6.13. The Morgan fingerprint density at radius 1 is 1.22 bits per heavy atom. The highest BCUT2D eigenvalue weighted by molar-refractivity contribution is 6.04. The van der Waals surface area contributed by atoms with Crippen molar-refractivity contribution in [3.05, 3.63) is 48.9 Å². The fraction of sp³-hybridized carbons (Fsp3) is 0.278. The molecule has 0 aliphatic carbocycles. The van der Waals surface area contributed by atoms with Gasteiger partial charge >= 0.3 is 0 Å². The van der Waals surface area contributed by atoms with E-state index in [9.17, 15) is 4.79 Å². The molecule has 3 aromatic rings. The maximum atomic E-state index is 12.5. The average Bonchev–Trinajstić information content (AvgIpc) is 3.09. The average molecular weight is 308 g/mol. The van der Waals surface area contributed by atoms with Crippen LogP contribution in [0.3, 0.4) is 0 Å². The number of nitrogens with one attached hydrogen (secondary N) is 1. The molecule has 2 heterocycles. The van der Waals surface area contributed by atoms with Crippen LogP contribution in [-0.2, 0) is 4.79 Å². The van der Waals surface area contributed by atoms with Crippen LogP contribution in [0, 0.1) is 5.41 Å². The van der Waals surface area contributed by atoms with E-state index in [1.165, 1.54) is 0 Å². The molecule has 0 atom stereocenters. The standard InChI is InChI=1S/C18H20N4O/c1-4-18(2,3)17(23)21-14-8-9-15(22-12-6-11-20-22)13-7-5-10-19-16(13)14/h5-12H,4H2,1-3H3,(H,21,23). The lowest BCUT2D eigenvalue weighted by molar-refractivity contribution is -0.124. The number of hydrogen-bond acceptors (Lipinski definition) is 3. The van der Waals surface area contributed by atoms with Crippen molar-refractivity contribution < 1.29 is 4.79 Å². The van der Waals surface area contributed by atoms with Crippen LogP contribution < -0.4 is 5.32 Å². The molecule has 0 spiro atoms. The molecule has 1 amide bonds. The van der Waals surface area contributed by atoms with E-state index in [2.05, 4.69) is 15.4 Å². The zero-order valence-electron chi connectivity index (χ0n) is 13.6. The van der Waals surface area contributed by atoms with E-state index in [4.69, 9.17) is 0 Å². The van der Waals surface area contributed by atoms with E-state index in [0.29, 0.717) is 0 Å². The van der Waals surface area contributed by atoms with Gasteiger partial charge in [0, 0.05) is 29.4 Å². The van der Waals surface area contributed by atoms with Crippen LogP contribution in [0.1, 0.15) is 27.2 Å². The quantitative estimate of drug-likeness (QED) is 0.797. The van der Waals surface area contributed by atoms with Crippen molar-refractivity contribution >= 4 is 22.5 Å². The minimum absolute atomic E-state index is 0.00112. The summed E-state index contributed by atoms with van der Waals surface area (Å²) in [7, 11) is 0. The van der Waals surface area contributed by atoms with Crippen molar-refractivity contribution in [2.45, 2.75) is 27.2 Å². The molecule has 1 aromatic carbocycles. The largest absolute Gasteiger partial charge is 0.324 e. The van der Waals surface area contributed by atoms with E-state index >= 15 is 0 Å². The van der Waals surface area contributed by atoms with Crippen LogP contribution in [0.4, 0.5) is 5.69 Å². The minimum Gasteiger partial charge on any atom is -0.324 e. The van der Waals surface area contributed by atoms with Gasteiger partial charge in [0.15, 0.2) is 0 Å². The van der Waals surface area contributed by atoms with Crippen LogP contribution in [-0.4, -0.2) is 20.7 Å². The number of rotatable bonds is 4.